The molecule has 0 aliphatic rings. The van der Waals surface area contributed by atoms with Crippen molar-refractivity contribution in [3.05, 3.63) is 0 Å². The fourth-order valence-electron chi connectivity index (χ4n) is 7.69. The highest BCUT2D eigenvalue weighted by atomic mass is 16.6. The van der Waals surface area contributed by atoms with Crippen molar-refractivity contribution in [2.75, 3.05) is 378 Å². The largest absolute Gasteiger partial charge is 0.382 e. The SMILES string of the molecule is COCCOCCOCCOCCOCCOCCOCCOCCNC(=O)CCOCC(COCCC(=O)NCCOCCOCCOCCOCCOCCOCCOCCOC)(COCCC(=O)NCCOCCOCCOCCOCCOCCOCCOCCOC)C(C)C. The number of nitrogens with one attached hydrogen (secondary N) is 3. The summed E-state index contributed by atoms with van der Waals surface area (Å²) in [7, 11) is 4.90. The second-order valence-electron chi connectivity index (χ2n) is 21.8. The zero-order chi connectivity index (χ0) is 72.3. The van der Waals surface area contributed by atoms with Crippen LogP contribution in [0.3, 0.4) is 0 Å². The first-order valence-electron chi connectivity index (χ1n) is 35.4. The van der Waals surface area contributed by atoms with Crippen molar-refractivity contribution >= 4 is 17.7 Å². The van der Waals surface area contributed by atoms with Crippen molar-refractivity contribution < 1.29 is 142 Å². The molecule has 0 fully saturated rings. The molecule has 0 aromatic rings. The average molecular weight is 1460 g/mol. The van der Waals surface area contributed by atoms with Crippen LogP contribution in [0.4, 0.5) is 0 Å². The topological polar surface area (TPSA) is 337 Å². The Balaban J connectivity index is 4.46. The molecule has 0 aromatic heterocycles. The normalized spacial score (nSPS) is 11.8. The van der Waals surface area contributed by atoms with E-state index < -0.39 is 5.41 Å². The molecule has 0 aliphatic heterocycles. The van der Waals surface area contributed by atoms with Gasteiger partial charge in [0.25, 0.3) is 0 Å². The number of amides is 3. The van der Waals surface area contributed by atoms with Crippen molar-refractivity contribution in [2.24, 2.45) is 11.3 Å². The van der Waals surface area contributed by atoms with Crippen LogP contribution in [0.1, 0.15) is 33.1 Å². The van der Waals surface area contributed by atoms with E-state index in [1.807, 2.05) is 13.8 Å². The van der Waals surface area contributed by atoms with Crippen LogP contribution in [0, 0.1) is 11.3 Å². The van der Waals surface area contributed by atoms with Crippen LogP contribution in [0.5, 0.6) is 0 Å². The molecular weight excluding hydrogens is 1330 g/mol. The quantitative estimate of drug-likeness (QED) is 0.0698. The van der Waals surface area contributed by atoms with E-state index in [2.05, 4.69) is 16.0 Å². The van der Waals surface area contributed by atoms with E-state index in [-0.39, 0.29) is 82.5 Å². The smallest absolute Gasteiger partial charge is 0.222 e. The summed E-state index contributed by atoms with van der Waals surface area (Å²) in [5.74, 6) is -0.570. The fourth-order valence-corrected chi connectivity index (χ4v) is 7.69. The number of hydrogen-bond donors (Lipinski definition) is 3. The summed E-state index contributed by atoms with van der Waals surface area (Å²) in [5, 5.41) is 8.56. The lowest BCUT2D eigenvalue weighted by atomic mass is 9.79. The Hall–Kier alpha value is -2.67. The van der Waals surface area contributed by atoms with Crippen LogP contribution in [0.25, 0.3) is 0 Å². The van der Waals surface area contributed by atoms with E-state index in [0.29, 0.717) is 317 Å². The minimum atomic E-state index is -0.665. The molecule has 0 aliphatic carbocycles. The molecule has 33 nitrogen and oxygen atoms in total. The minimum absolute atomic E-state index is 0.00996. The molecule has 100 heavy (non-hydrogen) atoms. The number of carbonyl (C=O) groups is 3. The van der Waals surface area contributed by atoms with E-state index in [4.69, 9.17) is 128 Å². The van der Waals surface area contributed by atoms with Gasteiger partial charge in [-0.2, -0.15) is 0 Å². The Morgan fingerprint density at radius 1 is 0.210 bits per heavy atom. The molecule has 33 heteroatoms. The first-order valence-corrected chi connectivity index (χ1v) is 35.4. The third-order valence-electron chi connectivity index (χ3n) is 13.5. The molecule has 0 radical (unpaired) electrons. The maximum Gasteiger partial charge on any atom is 0.222 e. The van der Waals surface area contributed by atoms with Gasteiger partial charge in [-0.25, -0.2) is 0 Å². The van der Waals surface area contributed by atoms with E-state index in [1.54, 1.807) is 21.3 Å². The highest BCUT2D eigenvalue weighted by Gasteiger charge is 2.35. The first kappa shape index (κ1) is 97.3. The van der Waals surface area contributed by atoms with Gasteiger partial charge in [0.2, 0.25) is 17.7 Å². The number of methoxy groups -OCH3 is 3. The van der Waals surface area contributed by atoms with Gasteiger partial charge in [-0.15, -0.1) is 0 Å². The predicted octanol–water partition coefficient (Wildman–Crippen LogP) is 0.485. The molecule has 0 unspecified atom stereocenters. The molecule has 0 aromatic carbocycles. The molecule has 0 saturated heterocycles. The zero-order valence-electron chi connectivity index (χ0n) is 61.6. The number of carbonyl (C=O) groups excluding carboxylic acids is 3. The molecule has 0 bridgehead atoms. The highest BCUT2D eigenvalue weighted by Crippen LogP contribution is 2.30. The molecule has 0 heterocycles. The van der Waals surface area contributed by atoms with Crippen LogP contribution in [0.15, 0.2) is 0 Å². The summed E-state index contributed by atoms with van der Waals surface area (Å²) in [6, 6.07) is 0. The molecule has 0 spiro atoms. The van der Waals surface area contributed by atoms with Crippen molar-refractivity contribution in [3.63, 3.8) is 0 Å². The van der Waals surface area contributed by atoms with E-state index >= 15 is 0 Å². The predicted molar refractivity (Wildman–Crippen MR) is 365 cm³/mol. The lowest BCUT2D eigenvalue weighted by Gasteiger charge is -2.37. The van der Waals surface area contributed by atoms with Gasteiger partial charge in [-0.3, -0.25) is 14.4 Å². The third-order valence-corrected chi connectivity index (χ3v) is 13.5. The third kappa shape index (κ3) is 76.5. The monoisotopic (exact) mass is 1460 g/mol. The van der Waals surface area contributed by atoms with Crippen LogP contribution in [0.2, 0.25) is 0 Å². The summed E-state index contributed by atoms with van der Waals surface area (Å²) in [6.07, 6.45) is 0.374. The van der Waals surface area contributed by atoms with E-state index in [0.717, 1.165) is 0 Å². The molecule has 0 rings (SSSR count). The van der Waals surface area contributed by atoms with Crippen molar-refractivity contribution in [1.82, 2.24) is 16.0 Å². The minimum Gasteiger partial charge on any atom is -0.382 e. The van der Waals surface area contributed by atoms with Crippen LogP contribution in [-0.2, 0) is 142 Å². The summed E-state index contributed by atoms with van der Waals surface area (Å²) in [5.41, 5.74) is -0.665. The first-order chi connectivity index (χ1) is 49.3. The van der Waals surface area contributed by atoms with E-state index in [1.165, 1.54) is 0 Å². The Morgan fingerprint density at radius 3 is 0.490 bits per heavy atom. The van der Waals surface area contributed by atoms with Crippen LogP contribution >= 0.6 is 0 Å². The van der Waals surface area contributed by atoms with Crippen molar-refractivity contribution in [1.29, 1.82) is 0 Å². The Labute approximate surface area is 596 Å². The lowest BCUT2D eigenvalue weighted by molar-refractivity contribution is -0.126. The Kier molecular flexibility index (Phi) is 81.4. The molecule has 0 saturated carbocycles. The molecule has 0 atom stereocenters. The number of rotatable bonds is 88. The summed E-state index contributed by atoms with van der Waals surface area (Å²) in [4.78, 5) is 38.1. The van der Waals surface area contributed by atoms with Gasteiger partial charge < -0.3 is 144 Å². The number of hydrogen-bond acceptors (Lipinski definition) is 30. The van der Waals surface area contributed by atoms with Gasteiger partial charge >= 0.3 is 0 Å². The van der Waals surface area contributed by atoms with Crippen molar-refractivity contribution in [3.8, 4) is 0 Å². The maximum absolute atomic E-state index is 12.7. The average Bonchev–Trinajstić information content (AvgIpc) is 0.851. The van der Waals surface area contributed by atoms with E-state index in [9.17, 15) is 14.4 Å². The van der Waals surface area contributed by atoms with Gasteiger partial charge in [0.05, 0.1) is 337 Å². The fraction of sp³-hybridized carbons (Fsp3) is 0.955. The summed E-state index contributed by atoms with van der Waals surface area (Å²) in [6.45, 7) is 26.8. The molecular formula is C67H133N3O30. The second kappa shape index (κ2) is 83.6. The standard InChI is InChI=1S/C67H133N3O30/c1-63(2)67(60-98-12-6-64(71)68-9-15-77-24-27-83-36-39-89-48-51-95-57-54-92-45-42-86-33-30-80-21-18-74-3,61-99-13-7-65(72)69-10-16-78-25-28-84-37-40-90-49-52-96-58-55-93-46-43-87-34-31-81-22-19-75-4)62-100-14-8-66(73)70-11-17-79-26-29-85-38-41-91-50-53-97-59-56-94-47-44-88-35-32-82-23-20-76-5/h63H,6-62H2,1-5H3,(H,68,71)(H,69,72)(H,70,73). The molecule has 3 N–H and O–H groups in total. The Morgan fingerprint density at radius 2 is 0.350 bits per heavy atom. The lowest BCUT2D eigenvalue weighted by Crippen LogP contribution is -2.43. The molecule has 596 valence electrons. The van der Waals surface area contributed by atoms with Crippen LogP contribution < -0.4 is 16.0 Å². The van der Waals surface area contributed by atoms with Gasteiger partial charge in [-0.05, 0) is 5.92 Å². The van der Waals surface area contributed by atoms with Gasteiger partial charge in [0.15, 0.2) is 0 Å². The van der Waals surface area contributed by atoms with Crippen molar-refractivity contribution in [2.45, 2.75) is 33.1 Å². The highest BCUT2D eigenvalue weighted by molar-refractivity contribution is 5.76. The summed E-state index contributed by atoms with van der Waals surface area (Å²) < 4.78 is 149. The molecule has 3 amide bonds. The second-order valence-corrected chi connectivity index (χ2v) is 21.8. The van der Waals surface area contributed by atoms with Gasteiger partial charge in [-0.1, -0.05) is 13.8 Å². The summed E-state index contributed by atoms with van der Waals surface area (Å²) >= 11 is 0. The Bertz CT molecular complexity index is 1470. The zero-order valence-corrected chi connectivity index (χ0v) is 61.6. The maximum atomic E-state index is 12.7. The van der Waals surface area contributed by atoms with Gasteiger partial charge in [0, 0.05) is 65.6 Å². The van der Waals surface area contributed by atoms with Crippen LogP contribution in [-0.4, -0.2) is 396 Å². The number of ether oxygens (including phenoxy) is 27. The van der Waals surface area contributed by atoms with Gasteiger partial charge in [0.1, 0.15) is 0 Å².